The van der Waals surface area contributed by atoms with E-state index in [0.29, 0.717) is 51.9 Å². The van der Waals surface area contributed by atoms with Crippen molar-refractivity contribution < 1.29 is 28.7 Å². The molecule has 1 unspecified atom stereocenters. The summed E-state index contributed by atoms with van der Waals surface area (Å²) in [5.74, 6) is 0.697. The first-order chi connectivity index (χ1) is 31.8. The summed E-state index contributed by atoms with van der Waals surface area (Å²) >= 11 is 20.5. The normalized spacial score (nSPS) is 18.6. The number of halogens is 3. The topological polar surface area (TPSA) is 132 Å². The predicted molar refractivity (Wildman–Crippen MR) is 268 cm³/mol. The third-order valence-electron chi connectivity index (χ3n) is 12.4. The molecule has 1 aliphatic carbocycles. The van der Waals surface area contributed by atoms with E-state index in [-0.39, 0.29) is 29.0 Å². The molecule has 4 aliphatic rings. The Kier molecular flexibility index (Phi) is 19.7. The molecular formula is C49H68Cl3N7O6S2. The van der Waals surface area contributed by atoms with Gasteiger partial charge in [0, 0.05) is 70.6 Å². The second-order valence-corrected chi connectivity index (χ2v) is 23.8. The molecule has 4 fully saturated rings. The van der Waals surface area contributed by atoms with Crippen molar-refractivity contribution in [3.63, 3.8) is 0 Å². The van der Waals surface area contributed by atoms with Crippen LogP contribution in [0.3, 0.4) is 0 Å². The lowest BCUT2D eigenvalue weighted by molar-refractivity contribution is -0.134. The quantitative estimate of drug-likeness (QED) is 0.126. The Morgan fingerprint density at radius 2 is 1.09 bits per heavy atom. The summed E-state index contributed by atoms with van der Waals surface area (Å²) in [5.41, 5.74) is 2.86. The molecular weight excluding hydrogens is 953 g/mol. The van der Waals surface area contributed by atoms with Crippen LogP contribution < -0.4 is 0 Å². The molecule has 0 spiro atoms. The lowest BCUT2D eigenvalue weighted by Gasteiger charge is -2.30. The van der Waals surface area contributed by atoms with E-state index in [1.807, 2.05) is 75.6 Å². The minimum Gasteiger partial charge on any atom is -0.379 e. The number of thiophene rings is 2. The second kappa shape index (κ2) is 24.7. The van der Waals surface area contributed by atoms with E-state index >= 15 is 0 Å². The van der Waals surface area contributed by atoms with Gasteiger partial charge in [0.15, 0.2) is 0 Å². The molecule has 18 heteroatoms. The van der Waals surface area contributed by atoms with Gasteiger partial charge in [-0.25, -0.2) is 9.36 Å². The summed E-state index contributed by atoms with van der Waals surface area (Å²) in [6.07, 6.45) is 9.95. The molecule has 4 aromatic rings. The molecule has 4 aromatic heterocycles. The Morgan fingerprint density at radius 1 is 0.627 bits per heavy atom. The van der Waals surface area contributed by atoms with E-state index in [4.69, 9.17) is 54.5 Å². The highest BCUT2D eigenvalue weighted by Crippen LogP contribution is 2.36. The van der Waals surface area contributed by atoms with Crippen molar-refractivity contribution >= 4 is 80.4 Å². The Labute approximate surface area is 419 Å². The fourth-order valence-corrected chi connectivity index (χ4v) is 11.0. The SMILES string of the molecule is CC(C)(C)C(=O)n1nc(C2CCCC2)cc1CCc1ccc(Cl)s1.CC(C)(C)C(=O)n1nc(C2CCCN2C(=O)CN2CCOCC2)cc1CCc1ccc(Cl)s1.O=C(Cl)CN1CCOCC1. The maximum atomic E-state index is 13.2. The number of carbonyl (C=O) groups excluding carboxylic acids is 4. The molecule has 368 valence electrons. The van der Waals surface area contributed by atoms with Crippen molar-refractivity contribution in [1.29, 1.82) is 0 Å². The number of hydrogen-bond acceptors (Lipinski definition) is 12. The third kappa shape index (κ3) is 15.8. The van der Waals surface area contributed by atoms with Gasteiger partial charge in [0.05, 0.1) is 65.6 Å². The number of likely N-dealkylation sites (tertiary alicyclic amines) is 1. The second-order valence-electron chi connectivity index (χ2n) is 19.8. The van der Waals surface area contributed by atoms with Gasteiger partial charge < -0.3 is 14.4 Å². The lowest BCUT2D eigenvalue weighted by Crippen LogP contribution is -2.44. The van der Waals surface area contributed by atoms with Crippen molar-refractivity contribution in [2.75, 3.05) is 72.2 Å². The van der Waals surface area contributed by atoms with Crippen LogP contribution in [0.5, 0.6) is 0 Å². The number of nitrogens with zero attached hydrogens (tertiary/aromatic N) is 7. The summed E-state index contributed by atoms with van der Waals surface area (Å²) < 4.78 is 15.3. The van der Waals surface area contributed by atoms with Crippen LogP contribution in [-0.4, -0.2) is 129 Å². The molecule has 1 saturated carbocycles. The van der Waals surface area contributed by atoms with E-state index in [0.717, 1.165) is 96.3 Å². The molecule has 0 aromatic carbocycles. The van der Waals surface area contributed by atoms with E-state index in [9.17, 15) is 19.2 Å². The molecule has 1 amide bonds. The number of amides is 1. The molecule has 0 bridgehead atoms. The van der Waals surface area contributed by atoms with Crippen LogP contribution in [0, 0.1) is 10.8 Å². The first kappa shape index (κ1) is 53.4. The lowest BCUT2D eigenvalue weighted by atomic mass is 9.95. The predicted octanol–water partition coefficient (Wildman–Crippen LogP) is 9.88. The Morgan fingerprint density at radius 3 is 1.54 bits per heavy atom. The molecule has 0 radical (unpaired) electrons. The standard InChI is InChI=1S/C24H33ClN4O3S.C19H25ClN2OS.C6H10ClNO2/c1-24(2,3)23(31)29-17(6-7-18-8-9-21(25)33-18)15-19(26-29)20-5-4-10-28(20)22(30)16-27-11-13-32-14-12-27;1-19(2,3)18(23)22-14(8-9-15-10-11-17(20)24-15)12-16(21-22)13-6-4-5-7-13;7-6(9)5-8-1-3-10-4-2-8/h8-9,15,20H,4-7,10-14,16H2,1-3H3;10-13H,4-9H2,1-3H3;1-5H2. The minimum atomic E-state index is -0.550. The molecule has 1 atom stereocenters. The highest BCUT2D eigenvalue weighted by atomic mass is 35.5. The van der Waals surface area contributed by atoms with Crippen molar-refractivity contribution in [2.24, 2.45) is 10.8 Å². The van der Waals surface area contributed by atoms with Gasteiger partial charge in [0.1, 0.15) is 0 Å². The van der Waals surface area contributed by atoms with Gasteiger partial charge in [0.2, 0.25) is 11.1 Å². The van der Waals surface area contributed by atoms with Gasteiger partial charge in [-0.2, -0.15) is 10.2 Å². The Balaban J connectivity index is 0.000000189. The van der Waals surface area contributed by atoms with Crippen LogP contribution in [0.25, 0.3) is 0 Å². The van der Waals surface area contributed by atoms with Gasteiger partial charge in [0.25, 0.3) is 11.8 Å². The van der Waals surface area contributed by atoms with Crippen molar-refractivity contribution in [3.05, 3.63) is 77.6 Å². The van der Waals surface area contributed by atoms with Crippen LogP contribution in [0.2, 0.25) is 8.67 Å². The van der Waals surface area contributed by atoms with Gasteiger partial charge in [-0.15, -0.1) is 22.7 Å². The van der Waals surface area contributed by atoms with Crippen molar-refractivity contribution in [2.45, 2.75) is 118 Å². The van der Waals surface area contributed by atoms with Crippen molar-refractivity contribution in [3.8, 4) is 0 Å². The van der Waals surface area contributed by atoms with Gasteiger partial charge in [-0.05, 0) is 99.4 Å². The third-order valence-corrected chi connectivity index (χ3v) is 15.1. The fourth-order valence-electron chi connectivity index (χ4n) is 8.63. The van der Waals surface area contributed by atoms with Crippen LogP contribution in [-0.2, 0) is 44.7 Å². The van der Waals surface area contributed by atoms with Crippen LogP contribution in [0.1, 0.15) is 134 Å². The molecule has 3 saturated heterocycles. The largest absolute Gasteiger partial charge is 0.379 e. The van der Waals surface area contributed by atoms with Crippen LogP contribution in [0.15, 0.2) is 36.4 Å². The molecule has 7 heterocycles. The molecule has 3 aliphatic heterocycles. The smallest absolute Gasteiger partial charge is 0.252 e. The monoisotopic (exact) mass is 1020 g/mol. The Bertz CT molecular complexity index is 2260. The number of aryl methyl sites for hydroxylation is 4. The average Bonchev–Trinajstić information content (AvgIpc) is 4.15. The molecule has 67 heavy (non-hydrogen) atoms. The molecule has 0 N–H and O–H groups in total. The van der Waals surface area contributed by atoms with Gasteiger partial charge >= 0.3 is 0 Å². The summed E-state index contributed by atoms with van der Waals surface area (Å²) in [4.78, 5) is 58.0. The van der Waals surface area contributed by atoms with E-state index < -0.39 is 10.8 Å². The average molecular weight is 1020 g/mol. The molecule has 8 rings (SSSR count). The zero-order chi connectivity index (χ0) is 48.3. The summed E-state index contributed by atoms with van der Waals surface area (Å²) in [6, 6.07) is 12.0. The first-order valence-electron chi connectivity index (χ1n) is 23.7. The number of morpholine rings is 2. The first-order valence-corrected chi connectivity index (χ1v) is 26.5. The van der Waals surface area contributed by atoms with Crippen LogP contribution in [0.4, 0.5) is 0 Å². The van der Waals surface area contributed by atoms with Crippen molar-refractivity contribution in [1.82, 2.24) is 34.3 Å². The summed E-state index contributed by atoms with van der Waals surface area (Å²) in [7, 11) is 0. The number of aromatic nitrogens is 4. The number of rotatable bonds is 12. The van der Waals surface area contributed by atoms with E-state index in [2.05, 4.69) is 17.0 Å². The number of carbonyl (C=O) groups is 4. The highest BCUT2D eigenvalue weighted by molar-refractivity contribution is 7.16. The van der Waals surface area contributed by atoms with Gasteiger partial charge in [-0.1, -0.05) is 77.6 Å². The summed E-state index contributed by atoms with van der Waals surface area (Å²) in [5, 5.41) is 9.20. The summed E-state index contributed by atoms with van der Waals surface area (Å²) in [6.45, 7) is 19.1. The zero-order valence-electron chi connectivity index (χ0n) is 40.0. The highest BCUT2D eigenvalue weighted by Gasteiger charge is 2.35. The maximum absolute atomic E-state index is 13.2. The fraction of sp³-hybridized carbons (Fsp3) is 0.633. The maximum Gasteiger partial charge on any atom is 0.252 e. The number of ether oxygens (including phenoxy) is 2. The van der Waals surface area contributed by atoms with E-state index in [1.54, 1.807) is 32.0 Å². The number of hydrogen-bond donors (Lipinski definition) is 0. The minimum absolute atomic E-state index is 0.0304. The van der Waals surface area contributed by atoms with Gasteiger partial charge in [-0.3, -0.25) is 29.0 Å². The zero-order valence-corrected chi connectivity index (χ0v) is 43.9. The Hall–Kier alpha value is -2.99. The van der Waals surface area contributed by atoms with Crippen LogP contribution >= 0.6 is 57.5 Å². The van der Waals surface area contributed by atoms with E-state index in [1.165, 1.54) is 35.4 Å². The molecule has 13 nitrogen and oxygen atoms in total.